The highest BCUT2D eigenvalue weighted by molar-refractivity contribution is 6.39. The van der Waals surface area contributed by atoms with Crippen molar-refractivity contribution in [2.75, 3.05) is 12.4 Å². The number of phenolic OH excluding ortho intramolecular Hbond substituents is 1. The molecule has 0 saturated heterocycles. The average Bonchev–Trinajstić information content (AvgIpc) is 2.98. The molecule has 160 valence electrons. The number of nitrogens with zero attached hydrogens (tertiary/aromatic N) is 3. The van der Waals surface area contributed by atoms with E-state index in [1.54, 1.807) is 61.1 Å². The van der Waals surface area contributed by atoms with E-state index in [9.17, 15) is 19.5 Å². The first kappa shape index (κ1) is 21.4. The Bertz CT molecular complexity index is 1210. The van der Waals surface area contributed by atoms with Crippen molar-refractivity contribution in [2.24, 2.45) is 12.1 Å². The maximum absolute atomic E-state index is 12.8. The highest BCUT2D eigenvalue weighted by atomic mass is 16.5. The standard InChI is InChI=1S/C21H21N5O5/c1-13-17(21(30)26(25(13)2)15-9-5-4-6-10-15)23-19(28)20(29)24-22-12-14-8-7-11-16(31-3)18(14)27/h4-12,27H,1-3H3,(H,23,28)(H,24,29)/b22-12+. The van der Waals surface area contributed by atoms with Crippen molar-refractivity contribution >= 4 is 23.7 Å². The Morgan fingerprint density at radius 1 is 1.10 bits per heavy atom. The van der Waals surface area contributed by atoms with Crippen LogP contribution in [0.1, 0.15) is 11.3 Å². The zero-order chi connectivity index (χ0) is 22.5. The van der Waals surface area contributed by atoms with Crippen LogP contribution in [-0.4, -0.2) is 39.6 Å². The van der Waals surface area contributed by atoms with Gasteiger partial charge in [0.25, 0.3) is 5.56 Å². The number of ether oxygens (including phenoxy) is 1. The van der Waals surface area contributed by atoms with Gasteiger partial charge in [0.1, 0.15) is 5.69 Å². The number of nitrogens with one attached hydrogen (secondary N) is 2. The molecule has 0 saturated carbocycles. The summed E-state index contributed by atoms with van der Waals surface area (Å²) in [4.78, 5) is 37.1. The van der Waals surface area contributed by atoms with Crippen LogP contribution in [0.3, 0.4) is 0 Å². The Balaban J connectivity index is 1.74. The van der Waals surface area contributed by atoms with Crippen molar-refractivity contribution < 1.29 is 19.4 Å². The number of phenols is 1. The molecular weight excluding hydrogens is 402 g/mol. The number of aromatic nitrogens is 2. The predicted molar refractivity (Wildman–Crippen MR) is 115 cm³/mol. The summed E-state index contributed by atoms with van der Waals surface area (Å²) in [7, 11) is 3.07. The summed E-state index contributed by atoms with van der Waals surface area (Å²) < 4.78 is 7.95. The van der Waals surface area contributed by atoms with E-state index in [0.29, 0.717) is 11.4 Å². The zero-order valence-electron chi connectivity index (χ0n) is 17.1. The molecule has 0 spiro atoms. The van der Waals surface area contributed by atoms with Crippen molar-refractivity contribution in [3.63, 3.8) is 0 Å². The minimum atomic E-state index is -1.08. The summed E-state index contributed by atoms with van der Waals surface area (Å²) in [6, 6.07) is 13.6. The molecule has 31 heavy (non-hydrogen) atoms. The molecule has 0 aliphatic heterocycles. The molecule has 0 radical (unpaired) electrons. The van der Waals surface area contributed by atoms with Crippen molar-refractivity contribution in [2.45, 2.75) is 6.92 Å². The van der Waals surface area contributed by atoms with Crippen molar-refractivity contribution in [3.8, 4) is 17.2 Å². The fraction of sp³-hybridized carbons (Fsp3) is 0.143. The Morgan fingerprint density at radius 2 is 1.81 bits per heavy atom. The Morgan fingerprint density at radius 3 is 2.48 bits per heavy atom. The van der Waals surface area contributed by atoms with Gasteiger partial charge in [-0.2, -0.15) is 5.10 Å². The molecule has 1 heterocycles. The number of para-hydroxylation sites is 2. The van der Waals surface area contributed by atoms with Gasteiger partial charge < -0.3 is 15.2 Å². The lowest BCUT2D eigenvalue weighted by Crippen LogP contribution is -2.34. The van der Waals surface area contributed by atoms with Gasteiger partial charge in [0.15, 0.2) is 11.5 Å². The van der Waals surface area contributed by atoms with Crippen LogP contribution in [0.15, 0.2) is 58.4 Å². The zero-order valence-corrected chi connectivity index (χ0v) is 17.1. The van der Waals surface area contributed by atoms with E-state index >= 15 is 0 Å². The lowest BCUT2D eigenvalue weighted by Gasteiger charge is -2.07. The molecule has 3 aromatic rings. The van der Waals surface area contributed by atoms with Gasteiger partial charge >= 0.3 is 11.8 Å². The predicted octanol–water partition coefficient (Wildman–Crippen LogP) is 1.29. The van der Waals surface area contributed by atoms with Gasteiger partial charge in [0.2, 0.25) is 0 Å². The van der Waals surface area contributed by atoms with Crippen LogP contribution in [0.5, 0.6) is 11.5 Å². The number of hydrogen-bond acceptors (Lipinski definition) is 6. The molecule has 0 aliphatic rings. The van der Waals surface area contributed by atoms with Crippen LogP contribution in [0.2, 0.25) is 0 Å². The van der Waals surface area contributed by atoms with Crippen LogP contribution in [0, 0.1) is 6.92 Å². The van der Waals surface area contributed by atoms with E-state index in [-0.39, 0.29) is 22.7 Å². The smallest absolute Gasteiger partial charge is 0.329 e. The van der Waals surface area contributed by atoms with Crippen LogP contribution < -0.4 is 21.0 Å². The molecule has 1 aromatic heterocycles. The molecule has 10 nitrogen and oxygen atoms in total. The number of amides is 2. The third kappa shape index (κ3) is 4.32. The number of benzene rings is 2. The van der Waals surface area contributed by atoms with Gasteiger partial charge in [-0.3, -0.25) is 19.1 Å². The summed E-state index contributed by atoms with van der Waals surface area (Å²) in [5, 5.41) is 16.0. The monoisotopic (exact) mass is 423 g/mol. The quantitative estimate of drug-likeness (QED) is 0.324. The molecule has 3 N–H and O–H groups in total. The topological polar surface area (TPSA) is 127 Å². The lowest BCUT2D eigenvalue weighted by atomic mass is 10.2. The maximum Gasteiger partial charge on any atom is 0.329 e. The number of methoxy groups -OCH3 is 1. The lowest BCUT2D eigenvalue weighted by molar-refractivity contribution is -0.136. The average molecular weight is 423 g/mol. The minimum Gasteiger partial charge on any atom is -0.504 e. The largest absolute Gasteiger partial charge is 0.504 e. The van der Waals surface area contributed by atoms with E-state index < -0.39 is 17.4 Å². The summed E-state index contributed by atoms with van der Waals surface area (Å²) in [5.41, 5.74) is 2.94. The molecular formula is C21H21N5O5. The minimum absolute atomic E-state index is 0.0130. The van der Waals surface area contributed by atoms with Crippen molar-refractivity contribution in [3.05, 3.63) is 70.1 Å². The fourth-order valence-electron chi connectivity index (χ4n) is 2.90. The van der Waals surface area contributed by atoms with E-state index in [2.05, 4.69) is 15.8 Å². The van der Waals surface area contributed by atoms with Crippen molar-refractivity contribution in [1.29, 1.82) is 0 Å². The maximum atomic E-state index is 12.8. The molecule has 0 bridgehead atoms. The number of carbonyl (C=O) groups is 2. The number of hydrogen-bond donors (Lipinski definition) is 3. The van der Waals surface area contributed by atoms with Gasteiger partial charge in [-0.1, -0.05) is 24.3 Å². The highest BCUT2D eigenvalue weighted by Crippen LogP contribution is 2.27. The first-order valence-corrected chi connectivity index (χ1v) is 9.19. The van der Waals surface area contributed by atoms with Crippen LogP contribution in [0.25, 0.3) is 5.69 Å². The first-order chi connectivity index (χ1) is 14.8. The fourth-order valence-corrected chi connectivity index (χ4v) is 2.90. The van der Waals surface area contributed by atoms with Crippen molar-refractivity contribution in [1.82, 2.24) is 14.8 Å². The SMILES string of the molecule is COc1cccc(/C=N/NC(=O)C(=O)Nc2c(C)n(C)n(-c3ccccc3)c2=O)c1O. The molecule has 2 amide bonds. The summed E-state index contributed by atoms with van der Waals surface area (Å²) in [6.45, 7) is 1.65. The second-order valence-electron chi connectivity index (χ2n) is 6.49. The molecule has 3 rings (SSSR count). The van der Waals surface area contributed by atoms with Gasteiger partial charge in [-0.25, -0.2) is 10.1 Å². The van der Waals surface area contributed by atoms with E-state index in [0.717, 1.165) is 0 Å². The normalized spacial score (nSPS) is 10.8. The number of anilines is 1. The molecule has 0 atom stereocenters. The van der Waals surface area contributed by atoms with Crippen LogP contribution in [-0.2, 0) is 16.6 Å². The second kappa shape index (κ2) is 8.99. The number of rotatable bonds is 5. The van der Waals surface area contributed by atoms with Gasteiger partial charge in [-0.05, 0) is 31.2 Å². The van der Waals surface area contributed by atoms with Crippen LogP contribution >= 0.6 is 0 Å². The van der Waals surface area contributed by atoms with Gasteiger partial charge in [-0.15, -0.1) is 0 Å². The number of carbonyl (C=O) groups excluding carboxylic acids is 2. The third-order valence-corrected chi connectivity index (χ3v) is 4.62. The molecule has 2 aromatic carbocycles. The van der Waals surface area contributed by atoms with E-state index in [1.165, 1.54) is 18.0 Å². The molecule has 0 fully saturated rings. The Hall–Kier alpha value is -4.34. The van der Waals surface area contributed by atoms with Gasteiger partial charge in [0, 0.05) is 12.6 Å². The third-order valence-electron chi connectivity index (χ3n) is 4.62. The highest BCUT2D eigenvalue weighted by Gasteiger charge is 2.21. The Kier molecular flexibility index (Phi) is 6.20. The second-order valence-corrected chi connectivity index (χ2v) is 6.49. The van der Waals surface area contributed by atoms with E-state index in [4.69, 9.17) is 4.74 Å². The summed E-state index contributed by atoms with van der Waals surface area (Å²) in [5.74, 6) is -2.05. The number of hydrazone groups is 1. The Labute approximate surface area is 177 Å². The molecule has 10 heteroatoms. The number of aromatic hydroxyl groups is 1. The molecule has 0 aliphatic carbocycles. The first-order valence-electron chi connectivity index (χ1n) is 9.19. The summed E-state index contributed by atoms with van der Waals surface area (Å²) in [6.07, 6.45) is 1.17. The van der Waals surface area contributed by atoms with Crippen LogP contribution in [0.4, 0.5) is 5.69 Å². The van der Waals surface area contributed by atoms with Gasteiger partial charge in [0.05, 0.1) is 24.7 Å². The van der Waals surface area contributed by atoms with E-state index in [1.807, 2.05) is 6.07 Å². The molecule has 0 unspecified atom stereocenters. The summed E-state index contributed by atoms with van der Waals surface area (Å²) >= 11 is 0.